The molecule has 0 aromatic heterocycles. The molecule has 1 aromatic rings. The van der Waals surface area contributed by atoms with Gasteiger partial charge >= 0.3 is 5.97 Å². The zero-order valence-corrected chi connectivity index (χ0v) is 14.2. The molecule has 1 aromatic carbocycles. The molecule has 25 heavy (non-hydrogen) atoms. The highest BCUT2D eigenvalue weighted by molar-refractivity contribution is 5.99. The Morgan fingerprint density at radius 3 is 2.40 bits per heavy atom. The lowest BCUT2D eigenvalue weighted by molar-refractivity contribution is -0.142. The molecule has 0 heterocycles. The minimum absolute atomic E-state index is 0.224. The molecule has 1 atom stereocenters. The maximum Gasteiger partial charge on any atom is 0.326 e. The van der Waals surface area contributed by atoms with Crippen molar-refractivity contribution in [2.75, 3.05) is 10.6 Å². The van der Waals surface area contributed by atoms with Crippen LogP contribution in [0.15, 0.2) is 36.0 Å². The molecule has 0 fully saturated rings. The smallest absolute Gasteiger partial charge is 0.326 e. The molecule has 4 N–H and O–H groups in total. The Morgan fingerprint density at radius 2 is 1.88 bits per heavy atom. The van der Waals surface area contributed by atoms with E-state index >= 15 is 0 Å². The van der Waals surface area contributed by atoms with Gasteiger partial charge < -0.3 is 21.1 Å². The highest BCUT2D eigenvalue weighted by Crippen LogP contribution is 2.15. The third-order valence-electron chi connectivity index (χ3n) is 3.15. The Bertz CT molecular complexity index is 734. The van der Waals surface area contributed by atoms with Gasteiger partial charge in [0.2, 0.25) is 5.91 Å². The number of aliphatic carboxylic acids is 1. The van der Waals surface area contributed by atoms with Crippen molar-refractivity contribution in [1.29, 1.82) is 5.26 Å². The van der Waals surface area contributed by atoms with Crippen molar-refractivity contribution < 1.29 is 19.5 Å². The topological polar surface area (TPSA) is 131 Å². The molecule has 0 bridgehead atoms. The van der Waals surface area contributed by atoms with Crippen LogP contribution in [0.1, 0.15) is 20.8 Å². The van der Waals surface area contributed by atoms with Crippen molar-refractivity contribution in [1.82, 2.24) is 5.32 Å². The number of carbonyl (C=O) groups excluding carboxylic acids is 2. The molecular weight excluding hydrogens is 324 g/mol. The van der Waals surface area contributed by atoms with Gasteiger partial charge in [-0.25, -0.2) is 4.79 Å². The standard InChI is InChI=1S/C17H20N4O4/c1-10(2)15(17(24)25)21-16(23)12(8-18)9-19-13-5-4-6-14(7-13)20-11(3)22/h4-7,9-10,15,19H,1-3H3,(H,20,22)(H,21,23)(H,24,25)/b12-9-. The van der Waals surface area contributed by atoms with Crippen LogP contribution in [-0.2, 0) is 14.4 Å². The molecule has 0 saturated heterocycles. The SMILES string of the molecule is CC(=O)Nc1cccc(N/C=C(/C#N)C(=O)NC(C(=O)O)C(C)C)c1. The van der Waals surface area contributed by atoms with Gasteiger partial charge in [-0.2, -0.15) is 5.26 Å². The van der Waals surface area contributed by atoms with Crippen LogP contribution in [-0.4, -0.2) is 28.9 Å². The lowest BCUT2D eigenvalue weighted by atomic mass is 10.0. The average Bonchev–Trinajstić information content (AvgIpc) is 2.52. The number of nitrogens with one attached hydrogen (secondary N) is 3. The first-order valence-corrected chi connectivity index (χ1v) is 7.52. The minimum Gasteiger partial charge on any atom is -0.480 e. The molecule has 0 aliphatic heterocycles. The van der Waals surface area contributed by atoms with Gasteiger partial charge in [0.15, 0.2) is 0 Å². The van der Waals surface area contributed by atoms with Gasteiger partial charge in [-0.15, -0.1) is 0 Å². The summed E-state index contributed by atoms with van der Waals surface area (Å²) in [7, 11) is 0. The van der Waals surface area contributed by atoms with Crippen LogP contribution < -0.4 is 16.0 Å². The van der Waals surface area contributed by atoms with Crippen LogP contribution in [0.25, 0.3) is 0 Å². The summed E-state index contributed by atoms with van der Waals surface area (Å²) in [4.78, 5) is 34.2. The maximum atomic E-state index is 12.1. The van der Waals surface area contributed by atoms with Gasteiger partial charge in [0.25, 0.3) is 5.91 Å². The first kappa shape index (κ1) is 19.7. The van der Waals surface area contributed by atoms with Crippen LogP contribution in [0, 0.1) is 17.2 Å². The monoisotopic (exact) mass is 344 g/mol. The van der Waals surface area contributed by atoms with Crippen LogP contribution in [0.2, 0.25) is 0 Å². The van der Waals surface area contributed by atoms with Crippen LogP contribution >= 0.6 is 0 Å². The van der Waals surface area contributed by atoms with E-state index in [-0.39, 0.29) is 17.4 Å². The van der Waals surface area contributed by atoms with E-state index in [1.807, 2.05) is 0 Å². The first-order chi connectivity index (χ1) is 11.7. The van der Waals surface area contributed by atoms with E-state index in [0.717, 1.165) is 0 Å². The van der Waals surface area contributed by atoms with E-state index in [1.54, 1.807) is 44.2 Å². The van der Waals surface area contributed by atoms with Gasteiger partial charge in [-0.1, -0.05) is 19.9 Å². The molecule has 0 saturated carbocycles. The van der Waals surface area contributed by atoms with Crippen molar-refractivity contribution in [2.45, 2.75) is 26.8 Å². The predicted octanol–water partition coefficient (Wildman–Crippen LogP) is 1.69. The van der Waals surface area contributed by atoms with E-state index < -0.39 is 17.9 Å². The van der Waals surface area contributed by atoms with E-state index in [1.165, 1.54) is 13.1 Å². The highest BCUT2D eigenvalue weighted by atomic mass is 16.4. The predicted molar refractivity (Wildman–Crippen MR) is 92.5 cm³/mol. The molecule has 1 unspecified atom stereocenters. The Balaban J connectivity index is 2.86. The molecule has 8 heteroatoms. The zero-order valence-electron chi connectivity index (χ0n) is 14.2. The van der Waals surface area contributed by atoms with Crippen LogP contribution in [0.5, 0.6) is 0 Å². The fourth-order valence-electron chi connectivity index (χ4n) is 1.93. The summed E-state index contributed by atoms with van der Waals surface area (Å²) in [5.74, 6) is -2.51. The second-order valence-electron chi connectivity index (χ2n) is 5.61. The number of amides is 2. The summed E-state index contributed by atoms with van der Waals surface area (Å²) in [5, 5.41) is 25.9. The number of nitriles is 1. The van der Waals surface area contributed by atoms with Gasteiger partial charge in [0.05, 0.1) is 0 Å². The van der Waals surface area contributed by atoms with Crippen molar-refractivity contribution in [3.8, 4) is 6.07 Å². The summed E-state index contributed by atoms with van der Waals surface area (Å²) in [6.07, 6.45) is 1.18. The van der Waals surface area contributed by atoms with E-state index in [2.05, 4.69) is 16.0 Å². The first-order valence-electron chi connectivity index (χ1n) is 7.52. The van der Waals surface area contributed by atoms with Gasteiger partial charge in [-0.3, -0.25) is 9.59 Å². The second kappa shape index (κ2) is 9.08. The number of nitrogens with zero attached hydrogens (tertiary/aromatic N) is 1. The third-order valence-corrected chi connectivity index (χ3v) is 3.15. The van der Waals surface area contributed by atoms with Crippen molar-refractivity contribution in [2.24, 2.45) is 5.92 Å². The molecule has 2 amide bonds. The lowest BCUT2D eigenvalue weighted by Crippen LogP contribution is -2.44. The number of hydrogen-bond acceptors (Lipinski definition) is 5. The average molecular weight is 344 g/mol. The van der Waals surface area contributed by atoms with Crippen molar-refractivity contribution in [3.63, 3.8) is 0 Å². The number of carboxylic acids is 1. The summed E-state index contributed by atoms with van der Waals surface area (Å²) in [6.45, 7) is 4.69. The van der Waals surface area contributed by atoms with Gasteiger partial charge in [-0.05, 0) is 24.1 Å². The molecule has 0 spiro atoms. The molecule has 0 aliphatic carbocycles. The van der Waals surface area contributed by atoms with E-state index in [4.69, 9.17) is 10.4 Å². The normalized spacial score (nSPS) is 12.0. The molecular formula is C17H20N4O4. The van der Waals surface area contributed by atoms with E-state index in [9.17, 15) is 14.4 Å². The number of carbonyl (C=O) groups is 3. The molecule has 132 valence electrons. The van der Waals surface area contributed by atoms with Gasteiger partial charge in [0.1, 0.15) is 17.7 Å². The second-order valence-corrected chi connectivity index (χ2v) is 5.61. The fourth-order valence-corrected chi connectivity index (χ4v) is 1.93. The zero-order chi connectivity index (χ0) is 19.0. The quantitative estimate of drug-likeness (QED) is 0.440. The number of hydrogen-bond donors (Lipinski definition) is 4. The minimum atomic E-state index is -1.17. The Morgan fingerprint density at radius 1 is 1.24 bits per heavy atom. The number of rotatable bonds is 7. The number of carboxylic acid groups (broad SMARTS) is 1. The molecule has 0 radical (unpaired) electrons. The summed E-state index contributed by atoms with van der Waals surface area (Å²) < 4.78 is 0. The number of benzene rings is 1. The molecule has 1 rings (SSSR count). The molecule has 0 aliphatic rings. The van der Waals surface area contributed by atoms with E-state index in [0.29, 0.717) is 11.4 Å². The Hall–Kier alpha value is -3.34. The Kier molecular flexibility index (Phi) is 7.16. The Labute approximate surface area is 145 Å². The molecule has 8 nitrogen and oxygen atoms in total. The number of anilines is 2. The summed E-state index contributed by atoms with van der Waals surface area (Å²) in [6, 6.07) is 7.32. The highest BCUT2D eigenvalue weighted by Gasteiger charge is 2.24. The largest absolute Gasteiger partial charge is 0.480 e. The maximum absolute atomic E-state index is 12.1. The third kappa shape index (κ3) is 6.35. The lowest BCUT2D eigenvalue weighted by Gasteiger charge is -2.17. The summed E-state index contributed by atoms with van der Waals surface area (Å²) >= 11 is 0. The fraction of sp³-hybridized carbons (Fsp3) is 0.294. The van der Waals surface area contributed by atoms with Crippen LogP contribution in [0.4, 0.5) is 11.4 Å². The van der Waals surface area contributed by atoms with Crippen molar-refractivity contribution >= 4 is 29.2 Å². The van der Waals surface area contributed by atoms with Crippen molar-refractivity contribution in [3.05, 3.63) is 36.0 Å². The van der Waals surface area contributed by atoms with Gasteiger partial charge in [0, 0.05) is 24.5 Å². The van der Waals surface area contributed by atoms with Crippen LogP contribution in [0.3, 0.4) is 0 Å². The summed E-state index contributed by atoms with van der Waals surface area (Å²) in [5.41, 5.74) is 0.835.